The summed E-state index contributed by atoms with van der Waals surface area (Å²) in [7, 11) is 0. The van der Waals surface area contributed by atoms with Gasteiger partial charge in [0.2, 0.25) is 0 Å². The quantitative estimate of drug-likeness (QED) is 0.302. The van der Waals surface area contributed by atoms with Gasteiger partial charge in [-0.1, -0.05) is 26.0 Å². The number of hydrogen-bond donors (Lipinski definition) is 1. The number of aliphatic carboxylic acids is 1. The molecule has 0 saturated heterocycles. The smallest absolute Gasteiger partial charge is 0.416 e. The number of amides is 1. The van der Waals surface area contributed by atoms with E-state index < -0.39 is 39.5 Å². The van der Waals surface area contributed by atoms with Gasteiger partial charge >= 0.3 is 18.1 Å². The Balaban J connectivity index is 2.31. The van der Waals surface area contributed by atoms with Gasteiger partial charge in [-0.15, -0.1) is 0 Å². The molecule has 1 unspecified atom stereocenters. The highest BCUT2D eigenvalue weighted by atomic mass is 19.4. The summed E-state index contributed by atoms with van der Waals surface area (Å²) in [5.41, 5.74) is -0.505. The molecule has 0 bridgehead atoms. The topological polar surface area (TPSA) is 54.4 Å². The molecule has 4 nitrogen and oxygen atoms in total. The molecular formula is C25H26F4NO3+. The van der Waals surface area contributed by atoms with Gasteiger partial charge in [0.25, 0.3) is 0 Å². The highest BCUT2D eigenvalue weighted by molar-refractivity contribution is 6.26. The fourth-order valence-corrected chi connectivity index (χ4v) is 4.42. The third kappa shape index (κ3) is 4.85. The number of hydrogen-bond acceptors (Lipinski definition) is 2. The molecule has 0 radical (unpaired) electrons. The summed E-state index contributed by atoms with van der Waals surface area (Å²) >= 11 is 0. The van der Waals surface area contributed by atoms with Crippen molar-refractivity contribution in [1.29, 1.82) is 0 Å². The summed E-state index contributed by atoms with van der Waals surface area (Å²) < 4.78 is 54.1. The second-order valence-corrected chi connectivity index (χ2v) is 8.86. The van der Waals surface area contributed by atoms with Crippen LogP contribution in [0.15, 0.2) is 48.0 Å². The van der Waals surface area contributed by atoms with Crippen molar-refractivity contribution in [2.75, 3.05) is 6.54 Å². The van der Waals surface area contributed by atoms with Gasteiger partial charge in [-0.2, -0.15) is 13.2 Å². The minimum absolute atomic E-state index is 0.0883. The van der Waals surface area contributed by atoms with E-state index in [0.717, 1.165) is 12.1 Å². The van der Waals surface area contributed by atoms with Gasteiger partial charge in [0.05, 0.1) is 12.1 Å². The predicted octanol–water partition coefficient (Wildman–Crippen LogP) is 6.19. The summed E-state index contributed by atoms with van der Waals surface area (Å²) in [4.78, 5) is 25.8. The minimum Gasteiger partial charge on any atom is -0.477 e. The van der Waals surface area contributed by atoms with E-state index in [0.29, 0.717) is 18.4 Å². The average Bonchev–Trinajstić information content (AvgIpc) is 2.70. The maximum atomic E-state index is 13.9. The number of allylic oxidation sites excluding steroid dienone is 1. The second-order valence-electron chi connectivity index (χ2n) is 8.86. The van der Waals surface area contributed by atoms with Gasteiger partial charge in [-0.25, -0.2) is 18.5 Å². The monoisotopic (exact) mass is 464 g/mol. The number of rotatable bonds is 7. The number of carboxylic acid groups (broad SMARTS) is 1. The van der Waals surface area contributed by atoms with E-state index in [4.69, 9.17) is 0 Å². The molecule has 2 aromatic rings. The molecule has 0 fully saturated rings. The molecule has 1 amide bonds. The van der Waals surface area contributed by atoms with Crippen molar-refractivity contribution in [3.63, 3.8) is 0 Å². The Morgan fingerprint density at radius 3 is 2.39 bits per heavy atom. The van der Waals surface area contributed by atoms with Crippen LogP contribution in [0.4, 0.5) is 23.2 Å². The van der Waals surface area contributed by atoms with Crippen molar-refractivity contribution in [3.05, 3.63) is 70.5 Å². The Hall–Kier alpha value is -3.00. The maximum Gasteiger partial charge on any atom is 0.416 e. The van der Waals surface area contributed by atoms with E-state index in [1.54, 1.807) is 6.07 Å². The largest absolute Gasteiger partial charge is 0.477 e. The molecule has 1 aliphatic heterocycles. The van der Waals surface area contributed by atoms with Crippen LogP contribution < -0.4 is 4.48 Å². The number of carbonyl (C=O) groups is 2. The van der Waals surface area contributed by atoms with E-state index in [1.165, 1.54) is 31.2 Å². The molecule has 2 aromatic carbocycles. The Morgan fingerprint density at radius 1 is 1.12 bits per heavy atom. The highest BCUT2D eigenvalue weighted by Crippen LogP contribution is 2.45. The van der Waals surface area contributed by atoms with Gasteiger partial charge < -0.3 is 5.11 Å². The Labute approximate surface area is 189 Å². The summed E-state index contributed by atoms with van der Waals surface area (Å²) in [6.07, 6.45) is -3.48. The first-order chi connectivity index (χ1) is 15.4. The third-order valence-electron chi connectivity index (χ3n) is 6.04. The standard InChI is InChI=1S/C25H25F4NO3/c1-15(2)6-5-11-30(14-17-7-4-8-19(26)12-17)21-13-18(25(27,28)29)9-10-20(21)16(3)22(23(30)31)24(32)33/h4,7-10,12-13,15H,5-6,11,14H2,1-3H3/p+1. The third-order valence-corrected chi connectivity index (χ3v) is 6.04. The first kappa shape index (κ1) is 24.6. The molecule has 33 heavy (non-hydrogen) atoms. The second kappa shape index (κ2) is 9.09. The van der Waals surface area contributed by atoms with Crippen LogP contribution in [0.1, 0.15) is 50.3 Å². The number of carbonyl (C=O) groups excluding carboxylic acids is 1. The van der Waals surface area contributed by atoms with Crippen LogP contribution in [0.3, 0.4) is 0 Å². The van der Waals surface area contributed by atoms with Crippen LogP contribution in [0, 0.1) is 11.7 Å². The van der Waals surface area contributed by atoms with Crippen LogP contribution in [-0.2, 0) is 22.3 Å². The van der Waals surface area contributed by atoms with Gasteiger partial charge in [0.1, 0.15) is 18.0 Å². The van der Waals surface area contributed by atoms with Crippen molar-refractivity contribution in [2.24, 2.45) is 5.92 Å². The molecule has 1 heterocycles. The lowest BCUT2D eigenvalue weighted by Gasteiger charge is -2.40. The van der Waals surface area contributed by atoms with E-state index >= 15 is 0 Å². The Kier molecular flexibility index (Phi) is 6.79. The van der Waals surface area contributed by atoms with E-state index in [1.807, 2.05) is 13.8 Å². The SMILES string of the molecule is CC1=C(C(=O)O)C(=O)[N+](CCCC(C)C)(Cc2cccc(F)c2)c2cc(C(F)(F)F)ccc21. The van der Waals surface area contributed by atoms with Crippen molar-refractivity contribution < 1.29 is 32.3 Å². The molecule has 176 valence electrons. The Morgan fingerprint density at radius 2 is 1.82 bits per heavy atom. The number of halogens is 4. The fraction of sp³-hybridized carbons (Fsp3) is 0.360. The number of benzene rings is 2. The molecule has 1 N–H and O–H groups in total. The summed E-state index contributed by atoms with van der Waals surface area (Å²) in [6, 6.07) is 8.53. The van der Waals surface area contributed by atoms with E-state index in [2.05, 4.69) is 0 Å². The number of nitrogens with zero attached hydrogens (tertiary/aromatic N) is 1. The normalized spacial score (nSPS) is 18.6. The number of quaternary nitrogens is 1. The van der Waals surface area contributed by atoms with Gasteiger partial charge in [-0.05, 0) is 55.5 Å². The zero-order valence-electron chi connectivity index (χ0n) is 18.7. The summed E-state index contributed by atoms with van der Waals surface area (Å²) in [6.45, 7) is 5.32. The lowest BCUT2D eigenvalue weighted by atomic mass is 9.89. The van der Waals surface area contributed by atoms with Crippen LogP contribution in [0.5, 0.6) is 0 Å². The zero-order valence-corrected chi connectivity index (χ0v) is 18.7. The predicted molar refractivity (Wildman–Crippen MR) is 118 cm³/mol. The molecule has 0 saturated carbocycles. The molecule has 1 aliphatic rings. The van der Waals surface area contributed by atoms with Crippen LogP contribution >= 0.6 is 0 Å². The Bertz CT molecular complexity index is 1120. The van der Waals surface area contributed by atoms with Crippen LogP contribution in [-0.4, -0.2) is 23.5 Å². The van der Waals surface area contributed by atoms with Crippen LogP contribution in [0.2, 0.25) is 0 Å². The number of fused-ring (bicyclic) bond motifs is 1. The lowest BCUT2D eigenvalue weighted by molar-refractivity contribution is -0.139. The maximum absolute atomic E-state index is 13.9. The van der Waals surface area contributed by atoms with Crippen molar-refractivity contribution in [2.45, 2.75) is 46.3 Å². The van der Waals surface area contributed by atoms with Crippen molar-refractivity contribution in [1.82, 2.24) is 4.48 Å². The fourth-order valence-electron chi connectivity index (χ4n) is 4.42. The molecule has 1 atom stereocenters. The van der Waals surface area contributed by atoms with Crippen molar-refractivity contribution in [3.8, 4) is 0 Å². The van der Waals surface area contributed by atoms with E-state index in [9.17, 15) is 32.3 Å². The molecule has 0 spiro atoms. The zero-order chi connectivity index (χ0) is 24.6. The molecule has 8 heteroatoms. The van der Waals surface area contributed by atoms with Crippen molar-refractivity contribution >= 4 is 23.1 Å². The number of carboxylic acids is 1. The first-order valence-electron chi connectivity index (χ1n) is 10.7. The highest BCUT2D eigenvalue weighted by Gasteiger charge is 2.50. The average molecular weight is 464 g/mol. The van der Waals surface area contributed by atoms with Crippen LogP contribution in [0.25, 0.3) is 5.57 Å². The molecule has 0 aromatic heterocycles. The van der Waals surface area contributed by atoms with Gasteiger partial charge in [0, 0.05) is 17.2 Å². The van der Waals surface area contributed by atoms with Gasteiger partial charge in [0.15, 0.2) is 5.57 Å². The molecule has 3 rings (SSSR count). The van der Waals surface area contributed by atoms with Gasteiger partial charge in [-0.3, -0.25) is 0 Å². The van der Waals surface area contributed by atoms with E-state index in [-0.39, 0.29) is 35.8 Å². The first-order valence-corrected chi connectivity index (χ1v) is 10.7. The minimum atomic E-state index is -4.64. The molecular weight excluding hydrogens is 438 g/mol. The lowest BCUT2D eigenvalue weighted by Crippen LogP contribution is -2.57. The summed E-state index contributed by atoms with van der Waals surface area (Å²) in [5, 5.41) is 9.82. The number of alkyl halides is 3. The summed E-state index contributed by atoms with van der Waals surface area (Å²) in [5.74, 6) is -2.50. The molecule has 0 aliphatic carbocycles.